The summed E-state index contributed by atoms with van der Waals surface area (Å²) in [6.07, 6.45) is 6.51. The van der Waals surface area contributed by atoms with Gasteiger partial charge in [-0.3, -0.25) is 4.79 Å². The van der Waals surface area contributed by atoms with Crippen molar-refractivity contribution in [3.05, 3.63) is 24.3 Å². The molecule has 1 aliphatic carbocycles. The number of para-hydroxylation sites is 2. The molecule has 1 aromatic heterocycles. The molecular weight excluding hydrogens is 392 g/mol. The normalized spacial score (nSPS) is 21.8. The van der Waals surface area contributed by atoms with Gasteiger partial charge in [-0.1, -0.05) is 54.5 Å². The number of carbonyl (C=O) groups is 1. The van der Waals surface area contributed by atoms with Crippen molar-refractivity contribution in [3.63, 3.8) is 0 Å². The second-order valence-corrected chi connectivity index (χ2v) is 9.62. The van der Waals surface area contributed by atoms with E-state index in [9.17, 15) is 4.79 Å². The van der Waals surface area contributed by atoms with E-state index in [-0.39, 0.29) is 5.91 Å². The van der Waals surface area contributed by atoms with Gasteiger partial charge < -0.3 is 15.0 Å². The van der Waals surface area contributed by atoms with Gasteiger partial charge in [0.25, 0.3) is 0 Å². The van der Waals surface area contributed by atoms with Crippen LogP contribution in [0.2, 0.25) is 0 Å². The molecule has 1 aliphatic heterocycles. The van der Waals surface area contributed by atoms with Crippen LogP contribution in [-0.2, 0) is 4.79 Å². The first-order chi connectivity index (χ1) is 13.7. The number of anilines is 2. The Morgan fingerprint density at radius 3 is 2.93 bits per heavy atom. The van der Waals surface area contributed by atoms with Crippen LogP contribution in [0, 0.1) is 11.8 Å². The highest BCUT2D eigenvalue weighted by molar-refractivity contribution is 8.01. The molecule has 8 heteroatoms. The Labute approximate surface area is 174 Å². The molecule has 2 aliphatic rings. The molecular formula is C20H26N4O2S2. The second kappa shape index (κ2) is 9.13. The average Bonchev–Trinajstić information content (AvgIpc) is 3.19. The number of ether oxygens (including phenoxy) is 1. The van der Waals surface area contributed by atoms with Crippen LogP contribution in [0.15, 0.2) is 28.6 Å². The Bertz CT molecular complexity index is 813. The molecule has 2 atom stereocenters. The third kappa shape index (κ3) is 4.60. The van der Waals surface area contributed by atoms with Crippen LogP contribution >= 0.6 is 23.1 Å². The first kappa shape index (κ1) is 19.5. The average molecular weight is 419 g/mol. The maximum Gasteiger partial charge on any atom is 0.233 e. The molecule has 1 amide bonds. The topological polar surface area (TPSA) is 67.3 Å². The fourth-order valence-electron chi connectivity index (χ4n) is 4.22. The summed E-state index contributed by atoms with van der Waals surface area (Å²) in [6.45, 7) is 1.86. The zero-order valence-corrected chi connectivity index (χ0v) is 17.7. The molecule has 150 valence electrons. The van der Waals surface area contributed by atoms with Crippen LogP contribution < -0.4 is 10.1 Å². The monoisotopic (exact) mass is 418 g/mol. The third-order valence-corrected chi connectivity index (χ3v) is 7.67. The Morgan fingerprint density at radius 2 is 2.07 bits per heavy atom. The van der Waals surface area contributed by atoms with Crippen molar-refractivity contribution in [1.29, 1.82) is 0 Å². The predicted octanol–water partition coefficient (Wildman–Crippen LogP) is 4.42. The minimum atomic E-state index is 0.225. The standard InChI is InChI=1S/C20H26N4O2S2/c1-26-17-9-5-4-8-16(17)21-19-22-23-20(28-19)27-13-18(25)24-11-10-14-6-2-3-7-15(14)12-24/h4-5,8-9,14-15H,2-3,6-7,10-13H2,1H3,(H,21,22)/t14-,15-/m0/s1. The Kier molecular flexibility index (Phi) is 6.36. The van der Waals surface area contributed by atoms with Crippen molar-refractivity contribution in [3.8, 4) is 5.75 Å². The van der Waals surface area contributed by atoms with Gasteiger partial charge in [0, 0.05) is 13.1 Å². The number of benzene rings is 1. The number of amides is 1. The van der Waals surface area contributed by atoms with Crippen molar-refractivity contribution in [2.24, 2.45) is 11.8 Å². The van der Waals surface area contributed by atoms with Crippen LogP contribution in [0.4, 0.5) is 10.8 Å². The zero-order valence-electron chi connectivity index (χ0n) is 16.1. The summed E-state index contributed by atoms with van der Waals surface area (Å²) in [5.74, 6) is 2.98. The summed E-state index contributed by atoms with van der Waals surface area (Å²) < 4.78 is 6.15. The molecule has 1 saturated heterocycles. The summed E-state index contributed by atoms with van der Waals surface area (Å²) in [5.41, 5.74) is 0.851. The smallest absolute Gasteiger partial charge is 0.233 e. The maximum atomic E-state index is 12.7. The largest absolute Gasteiger partial charge is 0.495 e. The van der Waals surface area contributed by atoms with Gasteiger partial charge in [0.05, 0.1) is 18.6 Å². The highest BCUT2D eigenvalue weighted by Gasteiger charge is 2.32. The van der Waals surface area contributed by atoms with Crippen molar-refractivity contribution in [2.75, 3.05) is 31.3 Å². The molecule has 2 heterocycles. The molecule has 1 aromatic carbocycles. The minimum absolute atomic E-state index is 0.225. The Hall–Kier alpha value is -1.80. The lowest BCUT2D eigenvalue weighted by atomic mass is 9.75. The molecule has 4 rings (SSSR count). The van der Waals surface area contributed by atoms with Crippen LogP contribution in [-0.4, -0.2) is 47.0 Å². The number of aromatic nitrogens is 2. The lowest BCUT2D eigenvalue weighted by Crippen LogP contribution is -2.45. The lowest BCUT2D eigenvalue weighted by Gasteiger charge is -2.41. The first-order valence-electron chi connectivity index (χ1n) is 9.87. The number of nitrogens with zero attached hydrogens (tertiary/aromatic N) is 3. The number of piperidine rings is 1. The molecule has 0 bridgehead atoms. The summed E-state index contributed by atoms with van der Waals surface area (Å²) in [7, 11) is 1.64. The molecule has 0 unspecified atom stereocenters. The van der Waals surface area contributed by atoms with Crippen LogP contribution in [0.1, 0.15) is 32.1 Å². The second-order valence-electron chi connectivity index (χ2n) is 7.42. The van der Waals surface area contributed by atoms with Gasteiger partial charge in [-0.05, 0) is 36.8 Å². The maximum absolute atomic E-state index is 12.7. The van der Waals surface area contributed by atoms with Gasteiger partial charge in [-0.25, -0.2) is 0 Å². The molecule has 28 heavy (non-hydrogen) atoms. The molecule has 1 N–H and O–H groups in total. The van der Waals surface area contributed by atoms with Gasteiger partial charge >= 0.3 is 0 Å². The van der Waals surface area contributed by atoms with Crippen molar-refractivity contribution >= 4 is 39.8 Å². The van der Waals surface area contributed by atoms with E-state index in [2.05, 4.69) is 20.4 Å². The Morgan fingerprint density at radius 1 is 1.25 bits per heavy atom. The molecule has 2 aromatic rings. The number of methoxy groups -OCH3 is 1. The van der Waals surface area contributed by atoms with E-state index in [0.717, 1.165) is 40.7 Å². The highest BCUT2D eigenvalue weighted by Crippen LogP contribution is 2.36. The number of hydrogen-bond acceptors (Lipinski definition) is 7. The van der Waals surface area contributed by atoms with Gasteiger partial charge in [-0.2, -0.15) is 0 Å². The van der Waals surface area contributed by atoms with E-state index in [1.807, 2.05) is 24.3 Å². The number of thioether (sulfide) groups is 1. The summed E-state index contributed by atoms with van der Waals surface area (Å²) in [4.78, 5) is 14.7. The van der Waals surface area contributed by atoms with E-state index in [4.69, 9.17) is 4.74 Å². The van der Waals surface area contributed by atoms with Crippen LogP contribution in [0.5, 0.6) is 5.75 Å². The highest BCUT2D eigenvalue weighted by atomic mass is 32.2. The summed E-state index contributed by atoms with van der Waals surface area (Å²) in [5, 5.41) is 12.3. The Balaban J connectivity index is 1.29. The van der Waals surface area contributed by atoms with E-state index in [0.29, 0.717) is 10.9 Å². The number of rotatable bonds is 6. The SMILES string of the molecule is COc1ccccc1Nc1nnc(SCC(=O)N2CC[C@@H]3CCCC[C@H]3C2)s1. The number of fused-ring (bicyclic) bond motifs is 1. The van der Waals surface area contributed by atoms with Crippen LogP contribution in [0.3, 0.4) is 0 Å². The van der Waals surface area contributed by atoms with Gasteiger partial charge in [0.2, 0.25) is 11.0 Å². The van der Waals surface area contributed by atoms with Gasteiger partial charge in [0.1, 0.15) is 5.75 Å². The number of nitrogens with one attached hydrogen (secondary N) is 1. The first-order valence-corrected chi connectivity index (χ1v) is 11.7. The summed E-state index contributed by atoms with van der Waals surface area (Å²) in [6, 6.07) is 7.70. The fraction of sp³-hybridized carbons (Fsp3) is 0.550. The number of carbonyl (C=O) groups excluding carboxylic acids is 1. The number of likely N-dealkylation sites (tertiary alicyclic amines) is 1. The van der Waals surface area contributed by atoms with Crippen molar-refractivity contribution < 1.29 is 9.53 Å². The molecule has 6 nitrogen and oxygen atoms in total. The fourth-order valence-corrected chi connectivity index (χ4v) is 5.89. The van der Waals surface area contributed by atoms with Crippen LogP contribution in [0.25, 0.3) is 0 Å². The van der Waals surface area contributed by atoms with E-state index in [1.165, 1.54) is 55.2 Å². The molecule has 1 saturated carbocycles. The molecule has 0 spiro atoms. The third-order valence-electron chi connectivity index (χ3n) is 5.72. The quantitative estimate of drug-likeness (QED) is 0.701. The van der Waals surface area contributed by atoms with E-state index in [1.54, 1.807) is 7.11 Å². The van der Waals surface area contributed by atoms with Crippen molar-refractivity contribution in [1.82, 2.24) is 15.1 Å². The van der Waals surface area contributed by atoms with Gasteiger partial charge in [0.15, 0.2) is 4.34 Å². The summed E-state index contributed by atoms with van der Waals surface area (Å²) >= 11 is 2.93. The van der Waals surface area contributed by atoms with E-state index >= 15 is 0 Å². The van der Waals surface area contributed by atoms with Crippen molar-refractivity contribution in [2.45, 2.75) is 36.4 Å². The molecule has 2 fully saturated rings. The zero-order chi connectivity index (χ0) is 19.3. The number of hydrogen-bond donors (Lipinski definition) is 1. The van der Waals surface area contributed by atoms with E-state index < -0.39 is 0 Å². The predicted molar refractivity (Wildman–Crippen MR) is 114 cm³/mol. The lowest BCUT2D eigenvalue weighted by molar-refractivity contribution is -0.131. The van der Waals surface area contributed by atoms with Gasteiger partial charge in [-0.15, -0.1) is 10.2 Å². The molecule has 0 radical (unpaired) electrons. The minimum Gasteiger partial charge on any atom is -0.495 e.